The van der Waals surface area contributed by atoms with Crippen molar-refractivity contribution in [3.8, 4) is 11.5 Å². The number of sulfonamides is 1. The summed E-state index contributed by atoms with van der Waals surface area (Å²) in [6.45, 7) is 0. The van der Waals surface area contributed by atoms with E-state index in [-0.39, 0.29) is 27.5 Å². The normalized spacial score (nSPS) is 12.0. The lowest BCUT2D eigenvalue weighted by molar-refractivity contribution is -0.274. The fourth-order valence-corrected chi connectivity index (χ4v) is 4.54. The predicted octanol–water partition coefficient (Wildman–Crippen LogP) is 4.42. The van der Waals surface area contributed by atoms with Crippen molar-refractivity contribution >= 4 is 44.2 Å². The number of thioether (sulfide) groups is 1. The van der Waals surface area contributed by atoms with E-state index in [1.807, 2.05) is 0 Å². The van der Waals surface area contributed by atoms with E-state index in [0.29, 0.717) is 5.39 Å². The van der Waals surface area contributed by atoms with E-state index in [1.165, 1.54) is 18.2 Å². The van der Waals surface area contributed by atoms with E-state index in [2.05, 4.69) is 9.46 Å². The van der Waals surface area contributed by atoms with Gasteiger partial charge in [0.25, 0.3) is 10.0 Å². The SMILES string of the molecule is O=C(O)CSc1cc(NS(=O)(=O)c2cccc(OC(F)(F)F)c2)c2ccccc2c1O. The van der Waals surface area contributed by atoms with Crippen LogP contribution in [0.3, 0.4) is 0 Å². The van der Waals surface area contributed by atoms with E-state index in [4.69, 9.17) is 5.11 Å². The fourth-order valence-electron chi connectivity index (χ4n) is 2.71. The zero-order chi connectivity index (χ0) is 22.8. The first-order chi connectivity index (χ1) is 14.5. The number of carbonyl (C=O) groups is 1. The van der Waals surface area contributed by atoms with Gasteiger partial charge in [-0.2, -0.15) is 0 Å². The van der Waals surface area contributed by atoms with Crippen LogP contribution < -0.4 is 9.46 Å². The second kappa shape index (κ2) is 8.55. The number of carboxylic acid groups (broad SMARTS) is 1. The Morgan fingerprint density at radius 3 is 2.39 bits per heavy atom. The Morgan fingerprint density at radius 2 is 1.74 bits per heavy atom. The molecule has 3 N–H and O–H groups in total. The number of ether oxygens (including phenoxy) is 1. The summed E-state index contributed by atoms with van der Waals surface area (Å²) < 4.78 is 69.0. The fraction of sp³-hybridized carbons (Fsp3) is 0.105. The number of rotatable bonds is 7. The van der Waals surface area contributed by atoms with Gasteiger partial charge in [0.2, 0.25) is 0 Å². The minimum Gasteiger partial charge on any atom is -0.506 e. The Kier molecular flexibility index (Phi) is 6.23. The summed E-state index contributed by atoms with van der Waals surface area (Å²) in [5.41, 5.74) is 0.0171. The quantitative estimate of drug-likeness (QED) is 0.344. The van der Waals surface area contributed by atoms with Crippen molar-refractivity contribution in [2.75, 3.05) is 10.5 Å². The largest absolute Gasteiger partial charge is 0.573 e. The van der Waals surface area contributed by atoms with Crippen LogP contribution in [0.15, 0.2) is 64.4 Å². The first-order valence-electron chi connectivity index (χ1n) is 8.44. The van der Waals surface area contributed by atoms with E-state index in [0.717, 1.165) is 36.0 Å². The number of hydrogen-bond acceptors (Lipinski definition) is 6. The molecule has 0 spiro atoms. The van der Waals surface area contributed by atoms with E-state index in [1.54, 1.807) is 12.1 Å². The summed E-state index contributed by atoms with van der Waals surface area (Å²) in [7, 11) is -4.35. The third-order valence-electron chi connectivity index (χ3n) is 3.93. The predicted molar refractivity (Wildman–Crippen MR) is 108 cm³/mol. The molecule has 0 saturated carbocycles. The highest BCUT2D eigenvalue weighted by Gasteiger charge is 2.31. The maximum atomic E-state index is 12.8. The van der Waals surface area contributed by atoms with Crippen molar-refractivity contribution in [2.24, 2.45) is 0 Å². The van der Waals surface area contributed by atoms with Gasteiger partial charge in [-0.25, -0.2) is 8.42 Å². The smallest absolute Gasteiger partial charge is 0.506 e. The topological polar surface area (TPSA) is 113 Å². The molecule has 12 heteroatoms. The van der Waals surface area contributed by atoms with Gasteiger partial charge in [-0.05, 0) is 18.2 Å². The van der Waals surface area contributed by atoms with Gasteiger partial charge in [-0.15, -0.1) is 24.9 Å². The number of halogens is 3. The summed E-state index contributed by atoms with van der Waals surface area (Å²) >= 11 is 0.785. The molecule has 3 rings (SSSR count). The Morgan fingerprint density at radius 1 is 1.06 bits per heavy atom. The molecule has 0 aliphatic rings. The summed E-state index contributed by atoms with van der Waals surface area (Å²) in [6, 6.07) is 11.4. The summed E-state index contributed by atoms with van der Waals surface area (Å²) in [5, 5.41) is 19.9. The summed E-state index contributed by atoms with van der Waals surface area (Å²) in [5.74, 6) is -2.44. The van der Waals surface area contributed by atoms with Crippen molar-refractivity contribution < 1.29 is 41.3 Å². The molecular weight excluding hydrogens is 459 g/mol. The first-order valence-corrected chi connectivity index (χ1v) is 10.9. The maximum Gasteiger partial charge on any atom is 0.573 e. The zero-order valence-corrected chi connectivity index (χ0v) is 17.0. The average molecular weight is 473 g/mol. The molecule has 0 heterocycles. The molecule has 0 fully saturated rings. The Balaban J connectivity index is 2.03. The van der Waals surface area contributed by atoms with E-state index < -0.39 is 33.0 Å². The number of aromatic hydroxyl groups is 1. The number of carboxylic acids is 1. The molecule has 0 unspecified atom stereocenters. The second-order valence-corrected chi connectivity index (χ2v) is 8.83. The summed E-state index contributed by atoms with van der Waals surface area (Å²) in [4.78, 5) is 10.5. The van der Waals surface area contributed by atoms with Crippen LogP contribution in [0.25, 0.3) is 10.8 Å². The lowest BCUT2D eigenvalue weighted by Gasteiger charge is -2.15. The van der Waals surface area contributed by atoms with Gasteiger partial charge in [0.05, 0.1) is 21.2 Å². The minimum atomic E-state index is -4.99. The number of hydrogen-bond donors (Lipinski definition) is 3. The monoisotopic (exact) mass is 473 g/mol. The van der Waals surface area contributed by atoms with Crippen molar-refractivity contribution in [2.45, 2.75) is 16.2 Å². The van der Waals surface area contributed by atoms with Crippen molar-refractivity contribution in [1.29, 1.82) is 0 Å². The molecule has 0 saturated heterocycles. The minimum absolute atomic E-state index is 0.0171. The number of nitrogens with one attached hydrogen (secondary N) is 1. The van der Waals surface area contributed by atoms with Crippen molar-refractivity contribution in [3.05, 3.63) is 54.6 Å². The van der Waals surface area contributed by atoms with Crippen molar-refractivity contribution in [3.63, 3.8) is 0 Å². The van der Waals surface area contributed by atoms with Crippen LogP contribution in [0, 0.1) is 0 Å². The number of alkyl halides is 3. The molecule has 0 radical (unpaired) electrons. The molecule has 0 aliphatic heterocycles. The molecule has 7 nitrogen and oxygen atoms in total. The lowest BCUT2D eigenvalue weighted by Crippen LogP contribution is -2.18. The highest BCUT2D eigenvalue weighted by molar-refractivity contribution is 8.00. The van der Waals surface area contributed by atoms with Gasteiger partial charge < -0.3 is 14.9 Å². The van der Waals surface area contributed by atoms with Gasteiger partial charge in [-0.1, -0.05) is 30.3 Å². The van der Waals surface area contributed by atoms with Gasteiger partial charge >= 0.3 is 12.3 Å². The molecule has 164 valence electrons. The van der Waals surface area contributed by atoms with Crippen LogP contribution in [0.1, 0.15) is 0 Å². The number of fused-ring (bicyclic) bond motifs is 1. The third-order valence-corrected chi connectivity index (χ3v) is 6.30. The highest BCUT2D eigenvalue weighted by atomic mass is 32.2. The number of aliphatic carboxylic acids is 1. The Labute approximate surface area is 178 Å². The van der Waals surface area contributed by atoms with Crippen LogP contribution in [0.2, 0.25) is 0 Å². The average Bonchev–Trinajstić information content (AvgIpc) is 2.68. The first kappa shape index (κ1) is 22.6. The molecular formula is C19H14F3NO6S2. The van der Waals surface area contributed by atoms with E-state index in [9.17, 15) is 31.5 Å². The van der Waals surface area contributed by atoms with Crippen LogP contribution in [-0.4, -0.2) is 36.7 Å². The van der Waals surface area contributed by atoms with Crippen LogP contribution in [0.5, 0.6) is 11.5 Å². The molecule has 0 amide bonds. The molecule has 31 heavy (non-hydrogen) atoms. The number of phenolic OH excluding ortho intramolecular Hbond substituents is 1. The van der Waals surface area contributed by atoms with Crippen LogP contribution in [-0.2, 0) is 14.8 Å². The number of phenols is 1. The molecule has 0 aliphatic carbocycles. The van der Waals surface area contributed by atoms with Gasteiger partial charge in [0.15, 0.2) is 0 Å². The van der Waals surface area contributed by atoms with Crippen molar-refractivity contribution in [1.82, 2.24) is 0 Å². The van der Waals surface area contributed by atoms with Crippen LogP contribution in [0.4, 0.5) is 18.9 Å². The summed E-state index contributed by atoms with van der Waals surface area (Å²) in [6.07, 6.45) is -4.99. The zero-order valence-electron chi connectivity index (χ0n) is 15.4. The molecule has 0 bridgehead atoms. The number of anilines is 1. The van der Waals surface area contributed by atoms with Gasteiger partial charge in [0, 0.05) is 16.8 Å². The van der Waals surface area contributed by atoms with Gasteiger partial charge in [-0.3, -0.25) is 9.52 Å². The molecule has 3 aromatic carbocycles. The van der Waals surface area contributed by atoms with Gasteiger partial charge in [0.1, 0.15) is 11.5 Å². The molecule has 0 aromatic heterocycles. The Hall–Kier alpha value is -3.12. The van der Waals surface area contributed by atoms with E-state index >= 15 is 0 Å². The molecule has 0 atom stereocenters. The maximum absolute atomic E-state index is 12.8. The highest BCUT2D eigenvalue weighted by Crippen LogP contribution is 2.40. The third kappa shape index (κ3) is 5.52. The number of benzene rings is 3. The standard InChI is InChI=1S/C19H14F3NO6S2/c20-19(21,22)29-11-4-3-5-12(8-11)31(27,28)23-15-9-16(30-10-17(24)25)18(26)14-7-2-1-6-13(14)15/h1-9,23,26H,10H2,(H,24,25). The lowest BCUT2D eigenvalue weighted by atomic mass is 10.1. The second-order valence-electron chi connectivity index (χ2n) is 6.13. The van der Waals surface area contributed by atoms with Crippen LogP contribution >= 0.6 is 11.8 Å². The Bertz CT molecular complexity index is 1250. The molecule has 3 aromatic rings.